The third kappa shape index (κ3) is 10.1. The van der Waals surface area contributed by atoms with E-state index in [1.54, 1.807) is 21.9 Å². The van der Waals surface area contributed by atoms with Crippen LogP contribution >= 0.6 is 11.6 Å². The van der Waals surface area contributed by atoms with Crippen LogP contribution in [0.15, 0.2) is 36.7 Å². The molecule has 2 aliphatic heterocycles. The molecular formula is C34H44ClN5O8. The Balaban J connectivity index is 1.35. The van der Waals surface area contributed by atoms with Crippen molar-refractivity contribution in [3.8, 4) is 11.1 Å². The Morgan fingerprint density at radius 1 is 1.06 bits per heavy atom. The summed E-state index contributed by atoms with van der Waals surface area (Å²) >= 11 is 5.98. The SMILES string of the molecule is COC(=O)CC(NC(=O)C1CCCN(C(=O)CCC2CCN(C(=O)OC(C)(C)C)CC2)C1)c1cncc(-c2ccc(Cl)c([N+](=O)[O-])c2)c1. The maximum absolute atomic E-state index is 13.6. The monoisotopic (exact) mass is 685 g/mol. The predicted molar refractivity (Wildman–Crippen MR) is 178 cm³/mol. The number of carbonyl (C=O) groups is 4. The minimum Gasteiger partial charge on any atom is -0.469 e. The molecule has 4 rings (SSSR count). The number of pyridine rings is 1. The normalized spacial score (nSPS) is 17.7. The number of esters is 1. The van der Waals surface area contributed by atoms with Crippen LogP contribution in [0, 0.1) is 22.0 Å². The summed E-state index contributed by atoms with van der Waals surface area (Å²) in [5.41, 5.74) is 0.767. The molecule has 2 fully saturated rings. The Kier molecular flexibility index (Phi) is 12.4. The summed E-state index contributed by atoms with van der Waals surface area (Å²) in [6.45, 7) is 7.59. The van der Waals surface area contributed by atoms with E-state index in [1.165, 1.54) is 31.6 Å². The van der Waals surface area contributed by atoms with Crippen molar-refractivity contribution in [2.75, 3.05) is 33.3 Å². The molecule has 2 saturated heterocycles. The summed E-state index contributed by atoms with van der Waals surface area (Å²) in [6.07, 6.45) is 6.57. The highest BCUT2D eigenvalue weighted by molar-refractivity contribution is 6.32. The number of nitro groups is 1. The molecule has 2 atom stereocenters. The van der Waals surface area contributed by atoms with Crippen molar-refractivity contribution < 1.29 is 33.6 Å². The molecule has 0 radical (unpaired) electrons. The highest BCUT2D eigenvalue weighted by Gasteiger charge is 2.32. The lowest BCUT2D eigenvalue weighted by molar-refractivity contribution is -0.384. The number of nitro benzene ring substituents is 1. The number of carbonyl (C=O) groups excluding carboxylic acids is 4. The zero-order chi connectivity index (χ0) is 35.0. The zero-order valence-electron chi connectivity index (χ0n) is 27.9. The first kappa shape index (κ1) is 36.6. The standard InChI is InChI=1S/C34H44ClN5O8/c1-34(2,3)48-33(44)38-14-11-22(12-15-38)7-10-30(41)39-13-5-6-24(21-39)32(43)37-28(18-31(42)47-4)26-16-25(19-36-20-26)23-8-9-27(35)29(17-23)40(45)46/h8-9,16-17,19-20,22,24,28H,5-7,10-15,18,21H2,1-4H3,(H,37,43). The van der Waals surface area contributed by atoms with Crippen LogP contribution in [0.1, 0.15) is 77.3 Å². The molecular weight excluding hydrogens is 642 g/mol. The lowest BCUT2D eigenvalue weighted by Crippen LogP contribution is -2.46. The van der Waals surface area contributed by atoms with Gasteiger partial charge >= 0.3 is 12.1 Å². The van der Waals surface area contributed by atoms with Crippen molar-refractivity contribution in [2.45, 2.75) is 77.4 Å². The van der Waals surface area contributed by atoms with E-state index in [2.05, 4.69) is 10.3 Å². The number of nitrogens with one attached hydrogen (secondary N) is 1. The number of amides is 3. The van der Waals surface area contributed by atoms with Crippen molar-refractivity contribution in [2.24, 2.45) is 11.8 Å². The van der Waals surface area contributed by atoms with Crippen LogP contribution in [0.3, 0.4) is 0 Å². The van der Waals surface area contributed by atoms with Crippen molar-refractivity contribution in [1.29, 1.82) is 0 Å². The number of hydrogen-bond acceptors (Lipinski definition) is 9. The van der Waals surface area contributed by atoms with Gasteiger partial charge in [-0.2, -0.15) is 0 Å². The molecule has 0 aliphatic carbocycles. The van der Waals surface area contributed by atoms with Crippen LogP contribution in [0.5, 0.6) is 0 Å². The molecule has 3 heterocycles. The summed E-state index contributed by atoms with van der Waals surface area (Å²) in [6, 6.07) is 5.34. The van der Waals surface area contributed by atoms with Gasteiger partial charge < -0.3 is 24.6 Å². The van der Waals surface area contributed by atoms with Gasteiger partial charge in [-0.3, -0.25) is 29.5 Å². The molecule has 2 unspecified atom stereocenters. The molecule has 48 heavy (non-hydrogen) atoms. The van der Waals surface area contributed by atoms with E-state index in [9.17, 15) is 29.3 Å². The fraction of sp³-hybridized carbons (Fsp3) is 0.559. The number of benzene rings is 1. The number of piperidine rings is 2. The number of methoxy groups -OCH3 is 1. The van der Waals surface area contributed by atoms with Gasteiger partial charge in [0.1, 0.15) is 10.6 Å². The van der Waals surface area contributed by atoms with E-state index < -0.39 is 28.5 Å². The van der Waals surface area contributed by atoms with Gasteiger partial charge in [0.05, 0.1) is 30.4 Å². The first-order valence-electron chi connectivity index (χ1n) is 16.3. The topological polar surface area (TPSA) is 161 Å². The Labute approximate surface area is 285 Å². The molecule has 2 aromatic rings. The number of aromatic nitrogens is 1. The Morgan fingerprint density at radius 2 is 1.79 bits per heavy atom. The third-order valence-corrected chi connectivity index (χ3v) is 9.05. The van der Waals surface area contributed by atoms with Gasteiger partial charge in [-0.25, -0.2) is 4.79 Å². The van der Waals surface area contributed by atoms with Gasteiger partial charge in [-0.05, 0) is 82.1 Å². The van der Waals surface area contributed by atoms with Crippen molar-refractivity contribution in [3.05, 3.63) is 57.4 Å². The van der Waals surface area contributed by atoms with E-state index in [0.29, 0.717) is 61.5 Å². The molecule has 0 saturated carbocycles. The molecule has 1 aromatic heterocycles. The van der Waals surface area contributed by atoms with E-state index in [4.69, 9.17) is 21.1 Å². The molecule has 3 amide bonds. The van der Waals surface area contributed by atoms with Crippen LogP contribution in [-0.2, 0) is 23.9 Å². The fourth-order valence-corrected chi connectivity index (χ4v) is 6.25. The molecule has 0 spiro atoms. The molecule has 1 N–H and O–H groups in total. The average Bonchev–Trinajstić information content (AvgIpc) is 3.06. The number of nitrogens with zero attached hydrogens (tertiary/aromatic N) is 4. The molecule has 260 valence electrons. The minimum atomic E-state index is -0.780. The molecule has 0 bridgehead atoms. The van der Waals surface area contributed by atoms with Crippen molar-refractivity contribution in [1.82, 2.24) is 20.1 Å². The molecule has 14 heteroatoms. The summed E-state index contributed by atoms with van der Waals surface area (Å²) in [7, 11) is 1.26. The highest BCUT2D eigenvalue weighted by Crippen LogP contribution is 2.32. The number of likely N-dealkylation sites (tertiary alicyclic amines) is 2. The number of hydrogen-bond donors (Lipinski definition) is 1. The van der Waals surface area contributed by atoms with Gasteiger partial charge in [0.15, 0.2) is 0 Å². The van der Waals surface area contributed by atoms with E-state index in [-0.39, 0.29) is 41.6 Å². The number of ether oxygens (including phenoxy) is 2. The average molecular weight is 686 g/mol. The van der Waals surface area contributed by atoms with Crippen molar-refractivity contribution >= 4 is 41.2 Å². The second-order valence-electron chi connectivity index (χ2n) is 13.4. The lowest BCUT2D eigenvalue weighted by Gasteiger charge is -2.35. The summed E-state index contributed by atoms with van der Waals surface area (Å²) in [5.74, 6) is -0.954. The van der Waals surface area contributed by atoms with Crippen LogP contribution in [0.2, 0.25) is 5.02 Å². The minimum absolute atomic E-state index is 0.00198. The smallest absolute Gasteiger partial charge is 0.410 e. The zero-order valence-corrected chi connectivity index (χ0v) is 28.7. The predicted octanol–water partition coefficient (Wildman–Crippen LogP) is 5.70. The number of rotatable bonds is 10. The van der Waals surface area contributed by atoms with E-state index >= 15 is 0 Å². The van der Waals surface area contributed by atoms with Crippen molar-refractivity contribution in [3.63, 3.8) is 0 Å². The van der Waals surface area contributed by atoms with Crippen LogP contribution in [0.4, 0.5) is 10.5 Å². The van der Waals surface area contributed by atoms with Crippen LogP contribution in [-0.4, -0.2) is 82.5 Å². The summed E-state index contributed by atoms with van der Waals surface area (Å²) in [5, 5.41) is 14.4. The highest BCUT2D eigenvalue weighted by atomic mass is 35.5. The first-order valence-corrected chi connectivity index (χ1v) is 16.6. The second-order valence-corrected chi connectivity index (χ2v) is 13.8. The number of halogens is 1. The Morgan fingerprint density at radius 3 is 2.46 bits per heavy atom. The molecule has 1 aromatic carbocycles. The van der Waals surface area contributed by atoms with Gasteiger partial charge in [0.25, 0.3) is 5.69 Å². The van der Waals surface area contributed by atoms with E-state index in [1.807, 2.05) is 20.8 Å². The van der Waals surface area contributed by atoms with Crippen LogP contribution < -0.4 is 5.32 Å². The first-order chi connectivity index (χ1) is 22.7. The van der Waals surface area contributed by atoms with Gasteiger partial charge in [0.2, 0.25) is 11.8 Å². The maximum Gasteiger partial charge on any atom is 0.410 e. The quantitative estimate of drug-likeness (QED) is 0.188. The Bertz CT molecular complexity index is 1500. The second kappa shape index (κ2) is 16.2. The third-order valence-electron chi connectivity index (χ3n) is 8.73. The summed E-state index contributed by atoms with van der Waals surface area (Å²) in [4.78, 5) is 70.1. The maximum atomic E-state index is 13.6. The fourth-order valence-electron chi connectivity index (χ4n) is 6.06. The Hall–Kier alpha value is -4.26. The van der Waals surface area contributed by atoms with Gasteiger partial charge in [-0.15, -0.1) is 0 Å². The lowest BCUT2D eigenvalue weighted by atomic mass is 9.91. The summed E-state index contributed by atoms with van der Waals surface area (Å²) < 4.78 is 10.4. The largest absolute Gasteiger partial charge is 0.469 e. The van der Waals surface area contributed by atoms with Gasteiger partial charge in [-0.1, -0.05) is 17.7 Å². The van der Waals surface area contributed by atoms with E-state index in [0.717, 1.165) is 19.3 Å². The van der Waals surface area contributed by atoms with Gasteiger partial charge in [0, 0.05) is 56.6 Å². The molecule has 13 nitrogen and oxygen atoms in total. The molecule has 2 aliphatic rings. The van der Waals surface area contributed by atoms with Crippen LogP contribution in [0.25, 0.3) is 11.1 Å².